The molecule has 0 radical (unpaired) electrons. The Hall–Kier alpha value is -1.59. The number of nitrogens with one attached hydrogen (secondary N) is 2. The van der Waals surface area contributed by atoms with Crippen LogP contribution in [-0.4, -0.2) is 95.4 Å². The first-order valence-electron chi connectivity index (χ1n) is 25.8. The Bertz CT molecular complexity index is 1930. The van der Waals surface area contributed by atoms with Crippen LogP contribution in [0.1, 0.15) is 164 Å². The summed E-state index contributed by atoms with van der Waals surface area (Å²) in [6.45, 7) is 6.03. The molecule has 360 valence electrons. The van der Waals surface area contributed by atoms with Crippen LogP contribution >= 0.6 is 31.9 Å². The van der Waals surface area contributed by atoms with E-state index in [2.05, 4.69) is 95.6 Å². The Morgan fingerprint density at radius 1 is 0.642 bits per heavy atom. The van der Waals surface area contributed by atoms with Crippen LogP contribution in [0.3, 0.4) is 0 Å². The number of aliphatic hydroxyl groups excluding tert-OH is 1. The second kappa shape index (κ2) is 21.6. The first-order chi connectivity index (χ1) is 31.5. The van der Waals surface area contributed by atoms with E-state index >= 15 is 0 Å². The van der Waals surface area contributed by atoms with E-state index in [0.29, 0.717) is 23.9 Å². The number of piperidine rings is 2. The molecule has 8 bridgehead atoms. The van der Waals surface area contributed by atoms with Crippen LogP contribution in [0.25, 0.3) is 0 Å². The first-order valence-corrected chi connectivity index (χ1v) is 27.4. The minimum Gasteiger partial charge on any atom is -1.00 e. The van der Waals surface area contributed by atoms with Crippen molar-refractivity contribution in [2.24, 2.45) is 47.3 Å². The van der Waals surface area contributed by atoms with Gasteiger partial charge in [-0.1, -0.05) is 69.5 Å². The maximum absolute atomic E-state index is 13.3. The number of carbonyl (C=O) groups excluding carboxylic acids is 4. The van der Waals surface area contributed by atoms with Crippen molar-refractivity contribution in [3.63, 3.8) is 0 Å². The number of halogens is 2. The summed E-state index contributed by atoms with van der Waals surface area (Å²) in [6.07, 6.45) is 24.0. The third-order valence-electron chi connectivity index (χ3n) is 19.5. The summed E-state index contributed by atoms with van der Waals surface area (Å²) in [6, 6.07) is 14.6. The minimum atomic E-state index is 0. The molecule has 8 saturated carbocycles. The van der Waals surface area contributed by atoms with Gasteiger partial charge in [0.1, 0.15) is 0 Å². The van der Waals surface area contributed by atoms with Gasteiger partial charge < -0.3 is 27.0 Å². The summed E-state index contributed by atoms with van der Waals surface area (Å²) in [7, 11) is 0. The van der Waals surface area contributed by atoms with E-state index in [-0.39, 0.29) is 73.3 Å². The van der Waals surface area contributed by atoms with Crippen molar-refractivity contribution in [2.75, 3.05) is 32.8 Å². The van der Waals surface area contributed by atoms with Crippen LogP contribution in [0.15, 0.2) is 45.3 Å². The molecular weight excluding hydrogens is 978 g/mol. The standard InChI is InChI=1S/C27H37BrN2O.C26H35BrN2O2.CO2.Al.Li.4H/c1-2-4-19-16-27(24-22(19)5-3-6-23(24)28)7-9-30(10-8-27)26(31)29-25-20-12-17-11-18(14-20)15-21(25)13-17;27-22-3-1-2-21-18(4-9-30)15-26(23(21)22)5-7-29(8-6-26)25(31)28-24-19-11-16-10-17(13-19)14-20(24)12-16;2-1-3;;;;;;/h3,5-6,17-21,25H,2,4,7-16H2,1H3,(H,29,31);1-3,16-20,24,30H,4-15H2,(H,28,31);;;;;;;/q;;;;+1;;;;-1. The third kappa shape index (κ3) is 10.00. The molecule has 10 aliphatic carbocycles. The van der Waals surface area contributed by atoms with Crippen LogP contribution in [-0.2, 0) is 20.4 Å². The van der Waals surface area contributed by atoms with Gasteiger partial charge in [0.15, 0.2) is 17.4 Å². The number of nitrogens with zero attached hydrogens (tertiary/aromatic N) is 2. The maximum Gasteiger partial charge on any atom is 1.00 e. The number of benzene rings is 2. The van der Waals surface area contributed by atoms with E-state index in [1.165, 1.54) is 104 Å². The van der Waals surface area contributed by atoms with Gasteiger partial charge in [-0.05, 0) is 209 Å². The third-order valence-corrected chi connectivity index (χ3v) is 20.8. The van der Waals surface area contributed by atoms with Gasteiger partial charge in [-0.3, -0.25) is 0 Å². The average Bonchev–Trinajstić information content (AvgIpc) is 3.76. The van der Waals surface area contributed by atoms with Crippen LogP contribution < -0.4 is 29.5 Å². The molecule has 3 N–H and O–H groups in total. The molecule has 12 aliphatic rings. The number of urea groups is 2. The molecule has 2 unspecified atom stereocenters. The average molecular weight is 1050 g/mol. The van der Waals surface area contributed by atoms with Crippen molar-refractivity contribution < 1.29 is 44.6 Å². The molecule has 14 rings (SSSR count). The molecular formula is C54H76AlBr2LiN4O5. The van der Waals surface area contributed by atoms with Gasteiger partial charge in [-0.15, -0.1) is 0 Å². The van der Waals surface area contributed by atoms with Crippen molar-refractivity contribution in [1.82, 2.24) is 20.4 Å². The molecule has 10 fully saturated rings. The van der Waals surface area contributed by atoms with Gasteiger partial charge in [-0.2, -0.15) is 9.59 Å². The van der Waals surface area contributed by atoms with Crippen molar-refractivity contribution in [1.29, 1.82) is 0 Å². The van der Waals surface area contributed by atoms with Crippen molar-refractivity contribution >= 4 is 67.4 Å². The number of hydrogen-bond donors (Lipinski definition) is 3. The second-order valence-electron chi connectivity index (χ2n) is 22.9. The molecule has 2 heterocycles. The smallest absolute Gasteiger partial charge is 1.00 e. The van der Waals surface area contributed by atoms with E-state index in [1.807, 2.05) is 0 Å². The minimum absolute atomic E-state index is 0. The van der Waals surface area contributed by atoms with Crippen LogP contribution in [0, 0.1) is 47.3 Å². The molecule has 13 heteroatoms. The second-order valence-corrected chi connectivity index (χ2v) is 24.6. The fourth-order valence-corrected chi connectivity index (χ4v) is 18.8. The van der Waals surface area contributed by atoms with E-state index in [4.69, 9.17) is 9.59 Å². The fourth-order valence-electron chi connectivity index (χ4n) is 17.2. The number of rotatable bonds is 6. The SMILES string of the molecule is CCCC1CC2(CCN(C(=O)NC3C4CC5CC(C4)CC3C5)CC2)c2c(Br)cccc21.O=C(NC1C2CC3CC(C2)CC1C3)N1CCC2(CC1)CC(CCO)c1cccc(Br)c12.O=C=O.[AlH3].[H-].[Li+]. The molecule has 2 spiro atoms. The number of fused-ring (bicyclic) bond motifs is 4. The van der Waals surface area contributed by atoms with Crippen LogP contribution in [0.4, 0.5) is 9.59 Å². The Morgan fingerprint density at radius 2 is 0.985 bits per heavy atom. The molecule has 4 amide bonds. The number of amides is 4. The maximum atomic E-state index is 13.3. The zero-order valence-electron chi connectivity index (χ0n) is 40.6. The Kier molecular flexibility index (Phi) is 16.7. The normalized spacial score (nSPS) is 34.6. The van der Waals surface area contributed by atoms with E-state index in [1.54, 1.807) is 11.1 Å². The number of carbonyl (C=O) groups is 2. The van der Waals surface area contributed by atoms with Gasteiger partial charge in [0.05, 0.1) is 0 Å². The fraction of sp³-hybridized carbons (Fsp3) is 0.722. The van der Waals surface area contributed by atoms with Gasteiger partial charge in [0, 0.05) is 64.6 Å². The van der Waals surface area contributed by atoms with Gasteiger partial charge in [0.25, 0.3) is 0 Å². The Morgan fingerprint density at radius 3 is 1.31 bits per heavy atom. The number of aliphatic hydroxyl groups is 1. The molecule has 0 aromatic heterocycles. The van der Waals surface area contributed by atoms with Gasteiger partial charge in [0.2, 0.25) is 0 Å². The van der Waals surface area contributed by atoms with Gasteiger partial charge >= 0.3 is 37.1 Å². The summed E-state index contributed by atoms with van der Waals surface area (Å²) in [5, 5.41) is 16.7. The zero-order valence-corrected chi connectivity index (χ0v) is 42.8. The molecule has 2 saturated heterocycles. The number of likely N-dealkylation sites (tertiary alicyclic amines) is 2. The van der Waals surface area contributed by atoms with E-state index in [9.17, 15) is 14.7 Å². The quantitative estimate of drug-likeness (QED) is 0.266. The Balaban J connectivity index is 0.000000183. The Labute approximate surface area is 440 Å². The monoisotopic (exact) mass is 1050 g/mol. The summed E-state index contributed by atoms with van der Waals surface area (Å²) < 4.78 is 2.49. The molecule has 67 heavy (non-hydrogen) atoms. The molecule has 2 atom stereocenters. The van der Waals surface area contributed by atoms with Crippen LogP contribution in [0.2, 0.25) is 0 Å². The summed E-state index contributed by atoms with van der Waals surface area (Å²) in [4.78, 5) is 47.0. The summed E-state index contributed by atoms with van der Waals surface area (Å²) >= 11 is 7.72. The first kappa shape index (κ1) is 51.8. The predicted octanol–water partition coefficient (Wildman–Crippen LogP) is 7.14. The van der Waals surface area contributed by atoms with Crippen molar-refractivity contribution in [3.8, 4) is 0 Å². The summed E-state index contributed by atoms with van der Waals surface area (Å²) in [5.74, 6) is 7.90. The van der Waals surface area contributed by atoms with Gasteiger partial charge in [-0.25, -0.2) is 9.59 Å². The van der Waals surface area contributed by atoms with E-state index < -0.39 is 0 Å². The molecule has 2 aromatic rings. The van der Waals surface area contributed by atoms with Crippen LogP contribution in [0.5, 0.6) is 0 Å². The zero-order chi connectivity index (χ0) is 45.0. The number of hydrogen-bond acceptors (Lipinski definition) is 5. The van der Waals surface area contributed by atoms with E-state index in [0.717, 1.165) is 112 Å². The summed E-state index contributed by atoms with van der Waals surface area (Å²) in [5.41, 5.74) is 6.41. The topological polar surface area (TPSA) is 119 Å². The van der Waals surface area contributed by atoms with Crippen molar-refractivity contribution in [2.45, 2.75) is 164 Å². The largest absolute Gasteiger partial charge is 1.00 e. The van der Waals surface area contributed by atoms with Crippen molar-refractivity contribution in [3.05, 3.63) is 67.6 Å². The predicted molar refractivity (Wildman–Crippen MR) is 269 cm³/mol. The molecule has 2 aliphatic heterocycles. The molecule has 2 aromatic carbocycles. The molecule has 9 nitrogen and oxygen atoms in total.